The van der Waals surface area contributed by atoms with Gasteiger partial charge in [-0.25, -0.2) is 8.78 Å². The van der Waals surface area contributed by atoms with Gasteiger partial charge in [-0.3, -0.25) is 0 Å². The predicted octanol–water partition coefficient (Wildman–Crippen LogP) is 4.02. The molecular weight excluding hydrogens is 316 g/mol. The summed E-state index contributed by atoms with van der Waals surface area (Å²) < 4.78 is 32.4. The van der Waals surface area contributed by atoms with Gasteiger partial charge in [-0.15, -0.1) is 0 Å². The molecule has 0 saturated heterocycles. The van der Waals surface area contributed by atoms with Gasteiger partial charge in [-0.05, 0) is 58.7 Å². The number of halogens is 3. The van der Waals surface area contributed by atoms with Gasteiger partial charge in [0.25, 0.3) is 0 Å². The highest BCUT2D eigenvalue weighted by molar-refractivity contribution is 9.10. The third kappa shape index (κ3) is 3.52. The molecule has 0 atom stereocenters. The van der Waals surface area contributed by atoms with Crippen molar-refractivity contribution in [1.82, 2.24) is 0 Å². The maximum absolute atomic E-state index is 13.5. The summed E-state index contributed by atoms with van der Waals surface area (Å²) in [6.07, 6.45) is 0.754. The number of ether oxygens (including phenoxy) is 1. The first-order valence-corrected chi connectivity index (χ1v) is 6.51. The highest BCUT2D eigenvalue weighted by Gasteiger charge is 2.09. The van der Waals surface area contributed by atoms with Crippen LogP contribution in [0.3, 0.4) is 0 Å². The van der Waals surface area contributed by atoms with Crippen LogP contribution in [0.4, 0.5) is 8.78 Å². The Morgan fingerprint density at radius 3 is 2.42 bits per heavy atom. The lowest BCUT2D eigenvalue weighted by atomic mass is 10.1. The zero-order valence-corrected chi connectivity index (χ0v) is 11.6. The maximum Gasteiger partial charge on any atom is 0.168 e. The Kier molecular flexibility index (Phi) is 4.50. The molecule has 2 nitrogen and oxygen atoms in total. The molecule has 0 unspecified atom stereocenters. The van der Waals surface area contributed by atoms with Crippen molar-refractivity contribution in [3.8, 4) is 11.5 Å². The first-order chi connectivity index (χ1) is 9.10. The fourth-order valence-electron chi connectivity index (χ4n) is 1.63. The van der Waals surface area contributed by atoms with Crippen LogP contribution in [0.5, 0.6) is 11.5 Å². The lowest BCUT2D eigenvalue weighted by molar-refractivity contribution is 0.435. The summed E-state index contributed by atoms with van der Waals surface area (Å²) in [5, 5.41) is 0. The Hall–Kier alpha value is -1.46. The summed E-state index contributed by atoms with van der Waals surface area (Å²) >= 11 is 3.35. The molecule has 0 fully saturated rings. The van der Waals surface area contributed by atoms with E-state index in [2.05, 4.69) is 15.9 Å². The normalized spacial score (nSPS) is 10.5. The molecule has 0 amide bonds. The molecular formula is C14H12BrF2NO. The highest BCUT2D eigenvalue weighted by atomic mass is 79.9. The van der Waals surface area contributed by atoms with Gasteiger partial charge in [-0.1, -0.05) is 6.07 Å². The van der Waals surface area contributed by atoms with Crippen LogP contribution in [0.25, 0.3) is 0 Å². The Balaban J connectivity index is 2.23. The Morgan fingerprint density at radius 1 is 1.05 bits per heavy atom. The van der Waals surface area contributed by atoms with E-state index in [1.165, 1.54) is 6.07 Å². The van der Waals surface area contributed by atoms with Crippen LogP contribution < -0.4 is 10.5 Å². The molecule has 2 aromatic rings. The largest absolute Gasteiger partial charge is 0.453 e. The van der Waals surface area contributed by atoms with Crippen molar-refractivity contribution in [2.45, 2.75) is 6.42 Å². The van der Waals surface area contributed by atoms with E-state index in [-0.39, 0.29) is 5.75 Å². The fraction of sp³-hybridized carbons (Fsp3) is 0.143. The molecule has 0 aliphatic carbocycles. The lowest BCUT2D eigenvalue weighted by Crippen LogP contribution is -2.02. The molecule has 2 rings (SSSR count). The van der Waals surface area contributed by atoms with E-state index in [0.29, 0.717) is 16.8 Å². The lowest BCUT2D eigenvalue weighted by Gasteiger charge is -2.10. The Labute approximate surface area is 118 Å². The average Bonchev–Trinajstić information content (AvgIpc) is 2.36. The van der Waals surface area contributed by atoms with E-state index in [1.54, 1.807) is 6.07 Å². The van der Waals surface area contributed by atoms with Crippen LogP contribution in [-0.4, -0.2) is 6.54 Å². The smallest absolute Gasteiger partial charge is 0.168 e. The number of rotatable bonds is 4. The maximum atomic E-state index is 13.5. The molecule has 0 radical (unpaired) electrons. The second-order valence-corrected chi connectivity index (χ2v) is 4.83. The van der Waals surface area contributed by atoms with Gasteiger partial charge in [-0.2, -0.15) is 0 Å². The summed E-state index contributed by atoms with van der Waals surface area (Å²) in [6.45, 7) is 0.555. The summed E-state index contributed by atoms with van der Waals surface area (Å²) in [5.74, 6) is -0.930. The van der Waals surface area contributed by atoms with Gasteiger partial charge < -0.3 is 10.5 Å². The average molecular weight is 328 g/mol. The standard InChI is InChI=1S/C14H12BrF2NO/c15-11-7-9(5-6-18)1-3-13(11)19-14-4-2-10(16)8-12(14)17/h1-4,7-8H,5-6,18H2. The SMILES string of the molecule is NCCc1ccc(Oc2ccc(F)cc2F)c(Br)c1. The highest BCUT2D eigenvalue weighted by Crippen LogP contribution is 2.32. The van der Waals surface area contributed by atoms with Gasteiger partial charge in [0.15, 0.2) is 11.6 Å². The second kappa shape index (κ2) is 6.12. The van der Waals surface area contributed by atoms with Crippen molar-refractivity contribution in [1.29, 1.82) is 0 Å². The van der Waals surface area contributed by atoms with Gasteiger partial charge in [0.05, 0.1) is 4.47 Å². The van der Waals surface area contributed by atoms with Crippen LogP contribution in [-0.2, 0) is 6.42 Å². The first kappa shape index (κ1) is 14.0. The minimum absolute atomic E-state index is 0.0197. The molecule has 19 heavy (non-hydrogen) atoms. The van der Waals surface area contributed by atoms with Crippen molar-refractivity contribution >= 4 is 15.9 Å². The summed E-state index contributed by atoms with van der Waals surface area (Å²) in [6, 6.07) is 8.63. The van der Waals surface area contributed by atoms with E-state index >= 15 is 0 Å². The molecule has 0 bridgehead atoms. The molecule has 0 aliphatic heterocycles. The van der Waals surface area contributed by atoms with Crippen LogP contribution in [0.1, 0.15) is 5.56 Å². The summed E-state index contributed by atoms with van der Waals surface area (Å²) in [4.78, 5) is 0. The quantitative estimate of drug-likeness (QED) is 0.920. The van der Waals surface area contributed by atoms with E-state index in [0.717, 1.165) is 24.1 Å². The van der Waals surface area contributed by atoms with Crippen LogP contribution in [0.15, 0.2) is 40.9 Å². The van der Waals surface area contributed by atoms with E-state index in [4.69, 9.17) is 10.5 Å². The van der Waals surface area contributed by atoms with Gasteiger partial charge in [0.2, 0.25) is 0 Å². The number of hydrogen-bond donors (Lipinski definition) is 1. The number of nitrogens with two attached hydrogens (primary N) is 1. The third-order valence-electron chi connectivity index (χ3n) is 2.54. The molecule has 5 heteroatoms. The van der Waals surface area contributed by atoms with Crippen LogP contribution in [0, 0.1) is 11.6 Å². The van der Waals surface area contributed by atoms with Gasteiger partial charge in [0.1, 0.15) is 11.6 Å². The van der Waals surface area contributed by atoms with Crippen LogP contribution >= 0.6 is 15.9 Å². The monoisotopic (exact) mass is 327 g/mol. The Bertz CT molecular complexity index is 590. The zero-order chi connectivity index (χ0) is 13.8. The molecule has 0 aromatic heterocycles. The number of benzene rings is 2. The van der Waals surface area contributed by atoms with Crippen molar-refractivity contribution < 1.29 is 13.5 Å². The minimum atomic E-state index is -0.738. The van der Waals surface area contributed by atoms with Crippen molar-refractivity contribution in [3.05, 3.63) is 58.1 Å². The molecule has 0 aliphatic rings. The van der Waals surface area contributed by atoms with E-state index in [9.17, 15) is 8.78 Å². The van der Waals surface area contributed by atoms with Crippen LogP contribution in [0.2, 0.25) is 0 Å². The number of hydrogen-bond acceptors (Lipinski definition) is 2. The first-order valence-electron chi connectivity index (χ1n) is 5.71. The molecule has 2 aromatic carbocycles. The van der Waals surface area contributed by atoms with Gasteiger partial charge >= 0.3 is 0 Å². The van der Waals surface area contributed by atoms with E-state index < -0.39 is 11.6 Å². The van der Waals surface area contributed by atoms with E-state index in [1.807, 2.05) is 12.1 Å². The van der Waals surface area contributed by atoms with Crippen molar-refractivity contribution in [3.63, 3.8) is 0 Å². The van der Waals surface area contributed by atoms with Crippen molar-refractivity contribution in [2.75, 3.05) is 6.54 Å². The fourth-order valence-corrected chi connectivity index (χ4v) is 2.13. The molecule has 0 spiro atoms. The van der Waals surface area contributed by atoms with Gasteiger partial charge in [0, 0.05) is 6.07 Å². The molecule has 0 saturated carbocycles. The predicted molar refractivity (Wildman–Crippen MR) is 73.3 cm³/mol. The molecule has 100 valence electrons. The molecule has 2 N–H and O–H groups in total. The zero-order valence-electron chi connectivity index (χ0n) is 10.00. The third-order valence-corrected chi connectivity index (χ3v) is 3.16. The molecule has 0 heterocycles. The van der Waals surface area contributed by atoms with Crippen molar-refractivity contribution in [2.24, 2.45) is 5.73 Å². The summed E-state index contributed by atoms with van der Waals surface area (Å²) in [5.41, 5.74) is 6.53. The topological polar surface area (TPSA) is 35.2 Å². The second-order valence-electron chi connectivity index (χ2n) is 3.98. The minimum Gasteiger partial charge on any atom is -0.453 e. The Morgan fingerprint density at radius 2 is 1.79 bits per heavy atom. The summed E-state index contributed by atoms with van der Waals surface area (Å²) in [7, 11) is 0.